The van der Waals surface area contributed by atoms with E-state index in [9.17, 15) is 9.90 Å². The molecule has 1 amide bonds. The Morgan fingerprint density at radius 2 is 1.80 bits per heavy atom. The van der Waals surface area contributed by atoms with E-state index >= 15 is 0 Å². The van der Waals surface area contributed by atoms with Gasteiger partial charge in [0.05, 0.1) is 34.4 Å². The number of carbonyl (C=O) groups is 1. The van der Waals surface area contributed by atoms with Gasteiger partial charge in [0.2, 0.25) is 0 Å². The molecule has 10 heteroatoms. The fourth-order valence-electron chi connectivity index (χ4n) is 6.18. The predicted octanol–water partition coefficient (Wildman–Crippen LogP) is 3.77. The summed E-state index contributed by atoms with van der Waals surface area (Å²) >= 11 is 0. The summed E-state index contributed by atoms with van der Waals surface area (Å²) in [5, 5.41) is 33.2. The van der Waals surface area contributed by atoms with Crippen molar-refractivity contribution in [3.05, 3.63) is 59.5 Å². The zero-order valence-electron chi connectivity index (χ0n) is 23.3. The maximum atomic E-state index is 13.3. The zero-order valence-corrected chi connectivity index (χ0v) is 23.3. The first kappa shape index (κ1) is 26.4. The number of carbonyl (C=O) groups excluding carboxylic acids is 1. The summed E-state index contributed by atoms with van der Waals surface area (Å²) in [5.74, 6) is -0.350. The summed E-state index contributed by atoms with van der Waals surface area (Å²) in [6.07, 6.45) is 8.04. The van der Waals surface area contributed by atoms with Crippen LogP contribution in [0, 0.1) is 11.3 Å². The second-order valence-corrected chi connectivity index (χ2v) is 11.8. The molecule has 0 spiro atoms. The van der Waals surface area contributed by atoms with Gasteiger partial charge in [0, 0.05) is 55.1 Å². The van der Waals surface area contributed by atoms with E-state index in [2.05, 4.69) is 44.2 Å². The number of aliphatic hydroxyl groups is 1. The molecular weight excluding hydrogens is 504 g/mol. The lowest BCUT2D eigenvalue weighted by atomic mass is 9.90. The van der Waals surface area contributed by atoms with Gasteiger partial charge >= 0.3 is 0 Å². The highest BCUT2D eigenvalue weighted by Gasteiger charge is 2.29. The van der Waals surface area contributed by atoms with E-state index in [1.165, 1.54) is 23.6 Å². The molecule has 0 atom stereocenters. The van der Waals surface area contributed by atoms with Crippen LogP contribution in [0.15, 0.2) is 42.7 Å². The average Bonchev–Trinajstić information content (AvgIpc) is 3.56. The van der Waals surface area contributed by atoms with Crippen molar-refractivity contribution in [3.63, 3.8) is 0 Å². The summed E-state index contributed by atoms with van der Waals surface area (Å²) in [6, 6.07) is 12.0. The molecule has 40 heavy (non-hydrogen) atoms. The number of likely N-dealkylation sites (N-methyl/N-ethyl adjacent to an activating group) is 1. The molecule has 3 aromatic heterocycles. The van der Waals surface area contributed by atoms with Crippen LogP contribution in [-0.2, 0) is 5.60 Å². The Bertz CT molecular complexity index is 1590. The molecule has 10 nitrogen and oxygen atoms in total. The molecule has 2 fully saturated rings. The number of nitrogens with zero attached hydrogens (tertiary/aromatic N) is 7. The quantitative estimate of drug-likeness (QED) is 0.396. The van der Waals surface area contributed by atoms with Crippen LogP contribution in [0.5, 0.6) is 0 Å². The SMILES string of the molecule is CN1CCN(C2CCC(n3cc4cc(NC(=O)c5ccc6cc(C#N)cnn56)c(C(C)(C)O)cc4n3)CC2)CC1. The lowest BCUT2D eigenvalue weighted by Crippen LogP contribution is -2.49. The molecule has 1 aromatic carbocycles. The molecule has 0 radical (unpaired) electrons. The lowest BCUT2D eigenvalue weighted by molar-refractivity contribution is 0.0793. The molecule has 1 saturated carbocycles. The van der Waals surface area contributed by atoms with E-state index < -0.39 is 5.60 Å². The fraction of sp³-hybridized carbons (Fsp3) is 0.467. The monoisotopic (exact) mass is 540 g/mol. The topological polar surface area (TPSA) is 115 Å². The van der Waals surface area contributed by atoms with Crippen molar-refractivity contribution in [1.29, 1.82) is 5.26 Å². The Labute approximate surface area is 233 Å². The Balaban J connectivity index is 1.23. The number of hydrogen-bond donors (Lipinski definition) is 2. The number of rotatable bonds is 5. The van der Waals surface area contributed by atoms with Crippen LogP contribution in [0.3, 0.4) is 0 Å². The van der Waals surface area contributed by atoms with Crippen molar-refractivity contribution in [2.24, 2.45) is 0 Å². The Kier molecular flexibility index (Phi) is 6.82. The molecule has 6 rings (SSSR count). The molecular formula is C30H36N8O2. The van der Waals surface area contributed by atoms with Gasteiger partial charge in [-0.15, -0.1) is 0 Å². The number of anilines is 1. The minimum absolute atomic E-state index is 0.342. The first-order valence-corrected chi connectivity index (χ1v) is 14.1. The predicted molar refractivity (Wildman–Crippen MR) is 153 cm³/mol. The summed E-state index contributed by atoms with van der Waals surface area (Å²) in [5.41, 5.74) is 2.17. The number of benzene rings is 1. The van der Waals surface area contributed by atoms with Crippen molar-refractivity contribution >= 4 is 28.0 Å². The highest BCUT2D eigenvalue weighted by Crippen LogP contribution is 2.35. The molecule has 2 N–H and O–H groups in total. The number of nitriles is 1. The van der Waals surface area contributed by atoms with Crippen LogP contribution < -0.4 is 5.32 Å². The van der Waals surface area contributed by atoms with Crippen LogP contribution in [0.1, 0.15) is 67.2 Å². The third-order valence-electron chi connectivity index (χ3n) is 8.53. The highest BCUT2D eigenvalue weighted by molar-refractivity contribution is 6.05. The van der Waals surface area contributed by atoms with Crippen molar-refractivity contribution in [3.8, 4) is 6.07 Å². The Morgan fingerprint density at radius 1 is 1.07 bits per heavy atom. The number of fused-ring (bicyclic) bond motifs is 2. The smallest absolute Gasteiger partial charge is 0.274 e. The van der Waals surface area contributed by atoms with Gasteiger partial charge in [-0.3, -0.25) is 14.4 Å². The number of aromatic nitrogens is 4. The number of piperazine rings is 1. The largest absolute Gasteiger partial charge is 0.386 e. The highest BCUT2D eigenvalue weighted by atomic mass is 16.3. The van der Waals surface area contributed by atoms with E-state index in [4.69, 9.17) is 10.4 Å². The van der Waals surface area contributed by atoms with Crippen molar-refractivity contribution in [2.45, 2.75) is 57.2 Å². The van der Waals surface area contributed by atoms with Gasteiger partial charge in [-0.2, -0.15) is 15.5 Å². The van der Waals surface area contributed by atoms with Crippen molar-refractivity contribution in [2.75, 3.05) is 38.5 Å². The van der Waals surface area contributed by atoms with Gasteiger partial charge in [-0.05, 0) is 76.9 Å². The van der Waals surface area contributed by atoms with Gasteiger partial charge < -0.3 is 15.3 Å². The first-order valence-electron chi connectivity index (χ1n) is 14.1. The standard InChI is InChI=1S/C30H36N8O2/c1-30(2,40)25-16-26-21(15-27(25)33-29(39)28-9-8-24-14-20(17-31)18-32-38(24)28)19-37(34-26)23-6-4-22(5-7-23)36-12-10-35(3)11-13-36/h8-9,14-16,18-19,22-23,40H,4-7,10-13H2,1-3H3,(H,33,39). The second kappa shape index (κ2) is 10.3. The summed E-state index contributed by atoms with van der Waals surface area (Å²) in [7, 11) is 2.20. The third kappa shape index (κ3) is 5.08. The van der Waals surface area contributed by atoms with E-state index in [0.29, 0.717) is 40.1 Å². The fourth-order valence-corrected chi connectivity index (χ4v) is 6.18. The van der Waals surface area contributed by atoms with Crippen molar-refractivity contribution in [1.82, 2.24) is 29.2 Å². The minimum atomic E-state index is -1.19. The Hall–Kier alpha value is -3.78. The molecule has 0 bridgehead atoms. The normalized spacial score (nSPS) is 21.1. The zero-order chi connectivity index (χ0) is 28.0. The van der Waals surface area contributed by atoms with Crippen LogP contribution >= 0.6 is 0 Å². The van der Waals surface area contributed by atoms with Gasteiger partial charge in [-0.1, -0.05) is 0 Å². The molecule has 4 aromatic rings. The van der Waals surface area contributed by atoms with E-state index in [1.54, 1.807) is 32.0 Å². The second-order valence-electron chi connectivity index (χ2n) is 11.8. The van der Waals surface area contributed by atoms with Crippen LogP contribution in [0.2, 0.25) is 0 Å². The van der Waals surface area contributed by atoms with Gasteiger partial charge in [0.25, 0.3) is 5.91 Å². The average molecular weight is 541 g/mol. The summed E-state index contributed by atoms with van der Waals surface area (Å²) in [6.45, 7) is 8.01. The summed E-state index contributed by atoms with van der Waals surface area (Å²) in [4.78, 5) is 18.4. The number of amides is 1. The number of nitrogens with one attached hydrogen (secondary N) is 1. The summed E-state index contributed by atoms with van der Waals surface area (Å²) < 4.78 is 3.59. The third-order valence-corrected chi connectivity index (χ3v) is 8.53. The van der Waals surface area contributed by atoms with Crippen LogP contribution in [0.25, 0.3) is 16.4 Å². The van der Waals surface area contributed by atoms with Gasteiger partial charge in [0.1, 0.15) is 11.8 Å². The maximum Gasteiger partial charge on any atom is 0.274 e. The molecule has 1 saturated heterocycles. The van der Waals surface area contributed by atoms with Crippen LogP contribution in [0.4, 0.5) is 5.69 Å². The number of hydrogen-bond acceptors (Lipinski definition) is 7. The molecule has 2 aliphatic rings. The van der Waals surface area contributed by atoms with Crippen LogP contribution in [-0.4, -0.2) is 79.5 Å². The first-order chi connectivity index (χ1) is 19.2. The van der Waals surface area contributed by atoms with Crippen molar-refractivity contribution < 1.29 is 9.90 Å². The van der Waals surface area contributed by atoms with E-state index in [0.717, 1.165) is 49.9 Å². The lowest BCUT2D eigenvalue weighted by Gasteiger charge is -2.41. The molecule has 4 heterocycles. The minimum Gasteiger partial charge on any atom is -0.386 e. The maximum absolute atomic E-state index is 13.3. The molecule has 208 valence electrons. The molecule has 1 aliphatic carbocycles. The Morgan fingerprint density at radius 3 is 2.50 bits per heavy atom. The van der Waals surface area contributed by atoms with E-state index in [1.807, 2.05) is 12.1 Å². The van der Waals surface area contributed by atoms with E-state index in [-0.39, 0.29) is 5.91 Å². The molecule has 1 aliphatic heterocycles. The van der Waals surface area contributed by atoms with Gasteiger partial charge in [0.15, 0.2) is 0 Å². The van der Waals surface area contributed by atoms with Gasteiger partial charge in [-0.25, -0.2) is 4.52 Å². The molecule has 0 unspecified atom stereocenters.